The van der Waals surface area contributed by atoms with Gasteiger partial charge in [-0.15, -0.1) is 0 Å². The summed E-state index contributed by atoms with van der Waals surface area (Å²) in [6, 6.07) is 0.437. The van der Waals surface area contributed by atoms with Crippen molar-refractivity contribution < 1.29 is 9.53 Å². The van der Waals surface area contributed by atoms with Crippen LogP contribution in [0.1, 0.15) is 46.5 Å². The van der Waals surface area contributed by atoms with E-state index in [4.69, 9.17) is 4.74 Å². The first kappa shape index (κ1) is 16.4. The van der Waals surface area contributed by atoms with Gasteiger partial charge in [0.2, 0.25) is 0 Å². The third kappa shape index (κ3) is 5.49. The lowest BCUT2D eigenvalue weighted by atomic mass is 10.1. The molecule has 0 aliphatic heterocycles. The van der Waals surface area contributed by atoms with Crippen LogP contribution in [0.3, 0.4) is 0 Å². The lowest BCUT2D eigenvalue weighted by Crippen LogP contribution is -2.49. The second-order valence-corrected chi connectivity index (χ2v) is 5.88. The normalized spacial score (nSPS) is 18.2. The Morgan fingerprint density at radius 1 is 1.32 bits per heavy atom. The highest BCUT2D eigenvalue weighted by molar-refractivity contribution is 5.76. The Kier molecular flexibility index (Phi) is 7.39. The summed E-state index contributed by atoms with van der Waals surface area (Å²) in [5, 5.41) is 3.10. The van der Waals surface area contributed by atoms with Gasteiger partial charge in [-0.1, -0.05) is 26.7 Å². The molecule has 4 heteroatoms. The van der Waals surface area contributed by atoms with Gasteiger partial charge in [-0.25, -0.2) is 0 Å². The number of nitrogens with zero attached hydrogens (tertiary/aromatic N) is 1. The van der Waals surface area contributed by atoms with Crippen LogP contribution in [0.25, 0.3) is 0 Å². The molecule has 0 aromatic carbocycles. The second kappa shape index (κ2) is 8.54. The second-order valence-electron chi connectivity index (χ2n) is 5.88. The average molecular weight is 270 g/mol. The SMILES string of the molecule is CCOC(=O)C(CN(CC(C)C)C1CCCC1)NC. The minimum atomic E-state index is -0.209. The van der Waals surface area contributed by atoms with E-state index in [0.717, 1.165) is 13.1 Å². The number of carbonyl (C=O) groups is 1. The molecule has 1 aliphatic carbocycles. The molecule has 112 valence electrons. The molecule has 1 rings (SSSR count). The molecule has 0 heterocycles. The van der Waals surface area contributed by atoms with Crippen LogP contribution in [0.4, 0.5) is 0 Å². The predicted octanol–water partition coefficient (Wildman–Crippen LogP) is 2.04. The summed E-state index contributed by atoms with van der Waals surface area (Å²) in [5.41, 5.74) is 0. The first-order valence-electron chi connectivity index (χ1n) is 7.66. The Morgan fingerprint density at radius 3 is 2.42 bits per heavy atom. The topological polar surface area (TPSA) is 41.6 Å². The van der Waals surface area contributed by atoms with E-state index >= 15 is 0 Å². The van der Waals surface area contributed by atoms with Crippen molar-refractivity contribution in [1.29, 1.82) is 0 Å². The summed E-state index contributed by atoms with van der Waals surface area (Å²) in [6.07, 6.45) is 5.18. The third-order valence-corrected chi connectivity index (χ3v) is 3.78. The standard InChI is InChI=1S/C15H30N2O2/c1-5-19-15(18)14(16-4)11-17(10-12(2)3)13-8-6-7-9-13/h12-14,16H,5-11H2,1-4H3. The Balaban J connectivity index is 2.60. The van der Waals surface area contributed by atoms with Crippen molar-refractivity contribution in [3.8, 4) is 0 Å². The zero-order chi connectivity index (χ0) is 14.3. The third-order valence-electron chi connectivity index (χ3n) is 3.78. The monoisotopic (exact) mass is 270 g/mol. The molecular weight excluding hydrogens is 240 g/mol. The van der Waals surface area contributed by atoms with E-state index in [2.05, 4.69) is 24.1 Å². The fourth-order valence-corrected chi connectivity index (χ4v) is 2.87. The number of rotatable bonds is 8. The van der Waals surface area contributed by atoms with E-state index in [0.29, 0.717) is 18.6 Å². The predicted molar refractivity (Wildman–Crippen MR) is 78.1 cm³/mol. The van der Waals surface area contributed by atoms with Crippen LogP contribution in [0.2, 0.25) is 0 Å². The number of nitrogens with one attached hydrogen (secondary N) is 1. The summed E-state index contributed by atoms with van der Waals surface area (Å²) >= 11 is 0. The smallest absolute Gasteiger partial charge is 0.324 e. The van der Waals surface area contributed by atoms with Crippen molar-refractivity contribution >= 4 is 5.97 Å². The largest absolute Gasteiger partial charge is 0.465 e. The maximum Gasteiger partial charge on any atom is 0.324 e. The molecule has 19 heavy (non-hydrogen) atoms. The number of ether oxygens (including phenoxy) is 1. The average Bonchev–Trinajstić information content (AvgIpc) is 2.87. The van der Waals surface area contributed by atoms with Crippen LogP contribution in [-0.4, -0.2) is 49.7 Å². The van der Waals surface area contributed by atoms with Crippen molar-refractivity contribution in [3.63, 3.8) is 0 Å². The van der Waals surface area contributed by atoms with Gasteiger partial charge in [-0.3, -0.25) is 9.69 Å². The van der Waals surface area contributed by atoms with Crippen molar-refractivity contribution in [1.82, 2.24) is 10.2 Å². The number of carbonyl (C=O) groups excluding carboxylic acids is 1. The Hall–Kier alpha value is -0.610. The highest BCUT2D eigenvalue weighted by atomic mass is 16.5. The zero-order valence-electron chi connectivity index (χ0n) is 12.9. The summed E-state index contributed by atoms with van der Waals surface area (Å²) in [7, 11) is 1.84. The maximum atomic E-state index is 11.9. The van der Waals surface area contributed by atoms with Gasteiger partial charge in [0.05, 0.1) is 6.61 Å². The Labute approximate surface area is 117 Å². The Morgan fingerprint density at radius 2 is 1.95 bits per heavy atom. The van der Waals surface area contributed by atoms with Gasteiger partial charge in [0.15, 0.2) is 0 Å². The molecule has 1 saturated carbocycles. The summed E-state index contributed by atoms with van der Waals surface area (Å²) in [5.74, 6) is 0.497. The number of hydrogen-bond donors (Lipinski definition) is 1. The molecule has 0 spiro atoms. The number of likely N-dealkylation sites (N-methyl/N-ethyl adjacent to an activating group) is 1. The maximum absolute atomic E-state index is 11.9. The molecule has 4 nitrogen and oxygen atoms in total. The van der Waals surface area contributed by atoms with Crippen LogP contribution >= 0.6 is 0 Å². The van der Waals surface area contributed by atoms with E-state index in [-0.39, 0.29) is 12.0 Å². The minimum Gasteiger partial charge on any atom is -0.465 e. The number of esters is 1. The van der Waals surface area contributed by atoms with Gasteiger partial charge in [0.25, 0.3) is 0 Å². The van der Waals surface area contributed by atoms with Crippen molar-refractivity contribution in [3.05, 3.63) is 0 Å². The van der Waals surface area contributed by atoms with Crippen LogP contribution < -0.4 is 5.32 Å². The van der Waals surface area contributed by atoms with Crippen molar-refractivity contribution in [2.75, 3.05) is 26.7 Å². The summed E-state index contributed by atoms with van der Waals surface area (Å²) < 4.78 is 5.14. The summed E-state index contributed by atoms with van der Waals surface area (Å²) in [6.45, 7) is 8.60. The van der Waals surface area contributed by atoms with Crippen molar-refractivity contribution in [2.45, 2.75) is 58.5 Å². The molecule has 0 saturated heterocycles. The molecule has 1 N–H and O–H groups in total. The summed E-state index contributed by atoms with van der Waals surface area (Å²) in [4.78, 5) is 14.4. The molecule has 0 bridgehead atoms. The molecule has 0 amide bonds. The molecule has 0 radical (unpaired) electrons. The minimum absolute atomic E-state index is 0.128. The molecule has 1 fully saturated rings. The van der Waals surface area contributed by atoms with Crippen molar-refractivity contribution in [2.24, 2.45) is 5.92 Å². The fourth-order valence-electron chi connectivity index (χ4n) is 2.87. The molecule has 0 aromatic rings. The van der Waals surface area contributed by atoms with E-state index in [9.17, 15) is 4.79 Å². The molecule has 1 atom stereocenters. The van der Waals surface area contributed by atoms with Crippen LogP contribution in [0.5, 0.6) is 0 Å². The van der Waals surface area contributed by atoms with E-state index in [1.54, 1.807) is 0 Å². The van der Waals surface area contributed by atoms with Crippen LogP contribution in [0, 0.1) is 5.92 Å². The van der Waals surface area contributed by atoms with Crippen LogP contribution in [-0.2, 0) is 9.53 Å². The van der Waals surface area contributed by atoms with Gasteiger partial charge in [0.1, 0.15) is 6.04 Å². The highest BCUT2D eigenvalue weighted by Crippen LogP contribution is 2.24. The Bertz CT molecular complexity index is 263. The molecular formula is C15H30N2O2. The fraction of sp³-hybridized carbons (Fsp3) is 0.933. The lowest BCUT2D eigenvalue weighted by molar-refractivity contribution is -0.146. The highest BCUT2D eigenvalue weighted by Gasteiger charge is 2.28. The molecule has 1 aliphatic rings. The van der Waals surface area contributed by atoms with Gasteiger partial charge in [0, 0.05) is 19.1 Å². The first-order valence-corrected chi connectivity index (χ1v) is 7.66. The van der Waals surface area contributed by atoms with E-state index in [1.165, 1.54) is 25.7 Å². The molecule has 1 unspecified atom stereocenters. The van der Waals surface area contributed by atoms with Gasteiger partial charge < -0.3 is 10.1 Å². The zero-order valence-corrected chi connectivity index (χ0v) is 12.9. The quantitative estimate of drug-likeness (QED) is 0.685. The van der Waals surface area contributed by atoms with Gasteiger partial charge in [-0.05, 0) is 32.7 Å². The lowest BCUT2D eigenvalue weighted by Gasteiger charge is -2.32. The van der Waals surface area contributed by atoms with Crippen LogP contribution in [0.15, 0.2) is 0 Å². The number of hydrogen-bond acceptors (Lipinski definition) is 4. The van der Waals surface area contributed by atoms with E-state index in [1.807, 2.05) is 14.0 Å². The first-order chi connectivity index (χ1) is 9.08. The van der Waals surface area contributed by atoms with Gasteiger partial charge >= 0.3 is 5.97 Å². The molecule has 0 aromatic heterocycles. The van der Waals surface area contributed by atoms with Gasteiger partial charge in [-0.2, -0.15) is 0 Å². The van der Waals surface area contributed by atoms with E-state index < -0.39 is 0 Å².